The molecule has 0 spiro atoms. The number of nitrogens with two attached hydrogens (primary N) is 2. The van der Waals surface area contributed by atoms with Gasteiger partial charge in [0.05, 0.1) is 11.1 Å². The van der Waals surface area contributed by atoms with E-state index in [1.165, 1.54) is 12.1 Å². The molecular weight excluding hydrogens is 263 g/mol. The number of aromatic nitrogens is 2. The predicted octanol–water partition coefficient (Wildman–Crippen LogP) is 1.01. The van der Waals surface area contributed by atoms with Crippen molar-refractivity contribution in [1.29, 1.82) is 0 Å². The van der Waals surface area contributed by atoms with Crippen molar-refractivity contribution in [3.63, 3.8) is 0 Å². The highest BCUT2D eigenvalue weighted by Gasteiger charge is 2.19. The summed E-state index contributed by atoms with van der Waals surface area (Å²) in [6.07, 6.45) is 0. The quantitative estimate of drug-likeness (QED) is 0.865. The maximum Gasteiger partial charge on any atom is 0.315 e. The summed E-state index contributed by atoms with van der Waals surface area (Å²) < 4.78 is 17.9. The Hall–Kier alpha value is -1.99. The first-order chi connectivity index (χ1) is 8.49. The molecule has 0 saturated heterocycles. The number of hydrogen-bond acceptors (Lipinski definition) is 5. The molecule has 1 unspecified atom stereocenters. The molecule has 6 nitrogen and oxygen atoms in total. The first-order valence-corrected chi connectivity index (χ1v) is 5.20. The van der Waals surface area contributed by atoms with Crippen LogP contribution in [0.2, 0.25) is 5.02 Å². The van der Waals surface area contributed by atoms with E-state index in [2.05, 4.69) is 14.7 Å². The summed E-state index contributed by atoms with van der Waals surface area (Å²) in [6, 6.07) is 3.21. The number of hydrogen-bond donors (Lipinski definition) is 2. The zero-order valence-electron chi connectivity index (χ0n) is 8.93. The lowest BCUT2D eigenvalue weighted by atomic mass is 10.1. The molecule has 0 bridgehead atoms. The minimum Gasteiger partial charge on any atom is -0.361 e. The van der Waals surface area contributed by atoms with Crippen molar-refractivity contribution in [2.24, 2.45) is 11.5 Å². The molecule has 1 amide bonds. The van der Waals surface area contributed by atoms with Gasteiger partial charge >= 0.3 is 11.8 Å². The van der Waals surface area contributed by atoms with E-state index in [-0.39, 0.29) is 16.7 Å². The van der Waals surface area contributed by atoms with Crippen LogP contribution in [0, 0.1) is 5.82 Å². The summed E-state index contributed by atoms with van der Waals surface area (Å²) in [7, 11) is 0. The fraction of sp³-hybridized carbons (Fsp3) is 0.100. The number of halogens is 2. The zero-order chi connectivity index (χ0) is 13.3. The van der Waals surface area contributed by atoms with Crippen molar-refractivity contribution < 1.29 is 13.7 Å². The molecule has 1 heterocycles. The van der Waals surface area contributed by atoms with Crippen molar-refractivity contribution >= 4 is 17.5 Å². The van der Waals surface area contributed by atoms with Crippen molar-refractivity contribution in [3.8, 4) is 0 Å². The smallest absolute Gasteiger partial charge is 0.315 e. The van der Waals surface area contributed by atoms with Crippen LogP contribution < -0.4 is 11.5 Å². The van der Waals surface area contributed by atoms with Gasteiger partial charge in [-0.1, -0.05) is 22.8 Å². The molecule has 0 aliphatic heterocycles. The summed E-state index contributed by atoms with van der Waals surface area (Å²) >= 11 is 5.55. The fourth-order valence-electron chi connectivity index (χ4n) is 1.32. The highest BCUT2D eigenvalue weighted by molar-refractivity contribution is 6.30. The first kappa shape index (κ1) is 12.5. The molecule has 94 valence electrons. The number of benzene rings is 1. The molecule has 1 atom stereocenters. The van der Waals surface area contributed by atoms with Crippen molar-refractivity contribution in [2.75, 3.05) is 0 Å². The molecule has 2 aromatic rings. The van der Waals surface area contributed by atoms with Gasteiger partial charge < -0.3 is 16.0 Å². The molecule has 2 rings (SSSR count). The number of carbonyl (C=O) groups is 1. The molecule has 0 saturated carbocycles. The minimum atomic E-state index is -0.858. The monoisotopic (exact) mass is 270 g/mol. The summed E-state index contributed by atoms with van der Waals surface area (Å²) in [5, 5.41) is 3.48. The van der Waals surface area contributed by atoms with Crippen LogP contribution >= 0.6 is 11.6 Å². The molecule has 1 aromatic carbocycles. The summed E-state index contributed by atoms with van der Waals surface area (Å²) in [6.45, 7) is 0. The Balaban J connectivity index is 2.31. The van der Waals surface area contributed by atoms with Crippen LogP contribution in [-0.2, 0) is 0 Å². The minimum absolute atomic E-state index is 0.0168. The highest BCUT2D eigenvalue weighted by atomic mass is 35.5. The molecule has 0 fully saturated rings. The van der Waals surface area contributed by atoms with E-state index in [1.807, 2.05) is 0 Å². The van der Waals surface area contributed by atoms with Crippen LogP contribution in [0.5, 0.6) is 0 Å². The number of amides is 1. The number of primary amides is 1. The molecule has 18 heavy (non-hydrogen) atoms. The molecular formula is C10H8ClFN4O2. The number of carbonyl (C=O) groups excluding carboxylic acids is 1. The van der Waals surface area contributed by atoms with Gasteiger partial charge in [0.15, 0.2) is 5.82 Å². The standard InChI is InChI=1S/C10H8ClFN4O2/c11-5-2-1-4(3-6(5)12)7(13)9-15-10(8(14)17)18-16-9/h1-3,7H,13H2,(H2,14,17). The van der Waals surface area contributed by atoms with Crippen molar-refractivity contribution in [1.82, 2.24) is 10.1 Å². The van der Waals surface area contributed by atoms with Gasteiger partial charge in [-0.15, -0.1) is 0 Å². The van der Waals surface area contributed by atoms with Crippen LogP contribution in [0.25, 0.3) is 0 Å². The van der Waals surface area contributed by atoms with E-state index in [4.69, 9.17) is 23.1 Å². The van der Waals surface area contributed by atoms with E-state index >= 15 is 0 Å². The fourth-order valence-corrected chi connectivity index (χ4v) is 1.43. The third-order valence-corrected chi connectivity index (χ3v) is 2.54. The van der Waals surface area contributed by atoms with Gasteiger partial charge in [0.1, 0.15) is 5.82 Å². The lowest BCUT2D eigenvalue weighted by Crippen LogP contribution is -2.15. The molecule has 0 radical (unpaired) electrons. The third-order valence-electron chi connectivity index (χ3n) is 2.23. The lowest BCUT2D eigenvalue weighted by Gasteiger charge is -2.07. The van der Waals surface area contributed by atoms with Crippen molar-refractivity contribution in [3.05, 3.63) is 46.3 Å². The Morgan fingerprint density at radius 1 is 1.50 bits per heavy atom. The average molecular weight is 271 g/mol. The van der Waals surface area contributed by atoms with Crippen LogP contribution in [0.3, 0.4) is 0 Å². The van der Waals surface area contributed by atoms with Gasteiger partial charge in [-0.05, 0) is 17.7 Å². The van der Waals surface area contributed by atoms with Crippen molar-refractivity contribution in [2.45, 2.75) is 6.04 Å². The van der Waals surface area contributed by atoms with E-state index in [0.29, 0.717) is 5.56 Å². The molecule has 8 heteroatoms. The van der Waals surface area contributed by atoms with E-state index in [9.17, 15) is 9.18 Å². The predicted molar refractivity (Wildman–Crippen MR) is 60.3 cm³/mol. The topological polar surface area (TPSA) is 108 Å². The van der Waals surface area contributed by atoms with Gasteiger partial charge in [-0.2, -0.15) is 4.98 Å². The Labute approximate surface area is 106 Å². The number of rotatable bonds is 3. The maximum atomic E-state index is 13.3. The second-order valence-corrected chi connectivity index (χ2v) is 3.88. The van der Waals surface area contributed by atoms with Crippen LogP contribution in [-0.4, -0.2) is 16.0 Å². The van der Waals surface area contributed by atoms with Gasteiger partial charge in [-0.3, -0.25) is 4.79 Å². The second-order valence-electron chi connectivity index (χ2n) is 3.47. The highest BCUT2D eigenvalue weighted by Crippen LogP contribution is 2.22. The molecule has 1 aromatic heterocycles. The van der Waals surface area contributed by atoms with Gasteiger partial charge in [0.25, 0.3) is 0 Å². The van der Waals surface area contributed by atoms with Gasteiger partial charge in [0.2, 0.25) is 0 Å². The normalized spacial score (nSPS) is 12.4. The summed E-state index contributed by atoms with van der Waals surface area (Å²) in [5.41, 5.74) is 11.2. The van der Waals surface area contributed by atoms with E-state index in [1.54, 1.807) is 0 Å². The van der Waals surface area contributed by atoms with E-state index < -0.39 is 17.8 Å². The zero-order valence-corrected chi connectivity index (χ0v) is 9.69. The van der Waals surface area contributed by atoms with Crippen LogP contribution in [0.4, 0.5) is 4.39 Å². The van der Waals surface area contributed by atoms with E-state index in [0.717, 1.165) is 6.07 Å². The Morgan fingerprint density at radius 2 is 2.22 bits per heavy atom. The van der Waals surface area contributed by atoms with Crippen LogP contribution in [0.1, 0.15) is 28.1 Å². The Bertz CT molecular complexity index is 601. The first-order valence-electron chi connectivity index (χ1n) is 4.83. The van der Waals surface area contributed by atoms with Gasteiger partial charge in [0, 0.05) is 0 Å². The summed E-state index contributed by atoms with van der Waals surface area (Å²) in [5.74, 6) is -1.79. The maximum absolute atomic E-state index is 13.3. The Morgan fingerprint density at radius 3 is 2.78 bits per heavy atom. The number of nitrogens with zero attached hydrogens (tertiary/aromatic N) is 2. The third kappa shape index (κ3) is 2.31. The molecule has 4 N–H and O–H groups in total. The largest absolute Gasteiger partial charge is 0.361 e. The Kier molecular flexibility index (Phi) is 3.26. The van der Waals surface area contributed by atoms with Crippen LogP contribution in [0.15, 0.2) is 22.7 Å². The average Bonchev–Trinajstić information content (AvgIpc) is 2.81. The lowest BCUT2D eigenvalue weighted by molar-refractivity contribution is 0.0958. The second kappa shape index (κ2) is 4.71. The van der Waals surface area contributed by atoms with Gasteiger partial charge in [-0.25, -0.2) is 4.39 Å². The summed E-state index contributed by atoms with van der Waals surface area (Å²) in [4.78, 5) is 14.5. The molecule has 0 aliphatic rings. The molecule has 0 aliphatic carbocycles. The SMILES string of the molecule is NC(=O)c1nc(C(N)c2ccc(Cl)c(F)c2)no1.